The van der Waals surface area contributed by atoms with Gasteiger partial charge in [0.15, 0.2) is 0 Å². The van der Waals surface area contributed by atoms with Crippen LogP contribution in [0.3, 0.4) is 0 Å². The number of hydrogen-bond acceptors (Lipinski definition) is 4. The van der Waals surface area contributed by atoms with Crippen molar-refractivity contribution in [2.75, 3.05) is 7.11 Å². The van der Waals surface area contributed by atoms with Crippen LogP contribution in [0.2, 0.25) is 0 Å². The minimum Gasteiger partial charge on any atom is -0.375 e. The number of ether oxygens (including phenoxy) is 1. The zero-order valence-corrected chi connectivity index (χ0v) is 9.75. The zero-order chi connectivity index (χ0) is 13.0. The smallest absolute Gasteiger partial charge is 0.252 e. The Morgan fingerprint density at radius 3 is 2.72 bits per heavy atom. The maximum atomic E-state index is 12.8. The molecule has 0 bridgehead atoms. The van der Waals surface area contributed by atoms with Crippen molar-refractivity contribution in [2.24, 2.45) is 0 Å². The average molecular weight is 246 g/mol. The molecule has 5 nitrogen and oxygen atoms in total. The monoisotopic (exact) mass is 246 g/mol. The van der Waals surface area contributed by atoms with E-state index in [2.05, 4.69) is 10.1 Å². The molecule has 0 radical (unpaired) electrons. The molecule has 6 heteroatoms. The van der Waals surface area contributed by atoms with Gasteiger partial charge in [-0.15, -0.1) is 5.10 Å². The summed E-state index contributed by atoms with van der Waals surface area (Å²) in [5, 5.41) is 12.6. The van der Waals surface area contributed by atoms with Crippen LogP contribution in [0.4, 0.5) is 4.39 Å². The summed E-state index contributed by atoms with van der Waals surface area (Å²) in [5.74, 6) is -0.176. The molecule has 1 unspecified atom stereocenters. The van der Waals surface area contributed by atoms with Gasteiger partial charge >= 0.3 is 0 Å². The molecule has 0 aliphatic rings. The van der Waals surface area contributed by atoms with Crippen molar-refractivity contribution in [3.8, 4) is 6.07 Å². The number of halogens is 1. The quantitative estimate of drug-likeness (QED) is 0.823. The molecular weight excluding hydrogens is 235 g/mol. The fourth-order valence-electron chi connectivity index (χ4n) is 1.60. The second-order valence-electron chi connectivity index (χ2n) is 3.68. The first-order chi connectivity index (χ1) is 8.72. The highest BCUT2D eigenvalue weighted by atomic mass is 19.1. The van der Waals surface area contributed by atoms with Crippen LogP contribution in [0, 0.1) is 17.1 Å². The van der Waals surface area contributed by atoms with Gasteiger partial charge in [0.25, 0.3) is 5.82 Å². The summed E-state index contributed by atoms with van der Waals surface area (Å²) in [6.07, 6.45) is 1.20. The third-order valence-corrected chi connectivity index (χ3v) is 2.52. The second kappa shape index (κ2) is 5.38. The highest BCUT2D eigenvalue weighted by Gasteiger charge is 2.12. The maximum absolute atomic E-state index is 12.8. The molecule has 0 fully saturated rings. The summed E-state index contributed by atoms with van der Waals surface area (Å²) in [7, 11) is 1.57. The van der Waals surface area contributed by atoms with E-state index < -0.39 is 0 Å². The van der Waals surface area contributed by atoms with Crippen molar-refractivity contribution in [1.82, 2.24) is 14.8 Å². The van der Waals surface area contributed by atoms with E-state index in [1.54, 1.807) is 19.2 Å². The first-order valence-corrected chi connectivity index (χ1v) is 5.30. The third kappa shape index (κ3) is 2.70. The Bertz CT molecular complexity index is 558. The molecule has 0 N–H and O–H groups in total. The first-order valence-electron chi connectivity index (χ1n) is 5.30. The van der Waals surface area contributed by atoms with Gasteiger partial charge in [0.2, 0.25) is 0 Å². The van der Waals surface area contributed by atoms with Gasteiger partial charge < -0.3 is 4.74 Å². The molecule has 0 amide bonds. The number of methoxy groups -OCH3 is 1. The highest BCUT2D eigenvalue weighted by Crippen LogP contribution is 2.18. The van der Waals surface area contributed by atoms with Gasteiger partial charge in [0.1, 0.15) is 24.3 Å². The molecule has 18 heavy (non-hydrogen) atoms. The van der Waals surface area contributed by atoms with Crippen LogP contribution in [-0.4, -0.2) is 21.9 Å². The lowest BCUT2D eigenvalue weighted by Gasteiger charge is -2.15. The summed E-state index contributed by atoms with van der Waals surface area (Å²) >= 11 is 0. The zero-order valence-electron chi connectivity index (χ0n) is 9.75. The Hall–Kier alpha value is -2.26. The third-order valence-electron chi connectivity index (χ3n) is 2.52. The van der Waals surface area contributed by atoms with E-state index >= 15 is 0 Å². The van der Waals surface area contributed by atoms with Crippen LogP contribution in [0.25, 0.3) is 0 Å². The summed E-state index contributed by atoms with van der Waals surface area (Å²) in [5.41, 5.74) is 0.841. The molecule has 0 aliphatic heterocycles. The lowest BCUT2D eigenvalue weighted by atomic mass is 10.1. The molecule has 1 atom stereocenters. The van der Waals surface area contributed by atoms with E-state index in [1.165, 1.54) is 23.1 Å². The SMILES string of the molecule is COC(Cn1cnc(C#N)n1)c1ccc(F)cc1. The fraction of sp³-hybridized carbons (Fsp3) is 0.250. The molecule has 92 valence electrons. The van der Waals surface area contributed by atoms with Gasteiger partial charge in [0.05, 0.1) is 6.54 Å². The Labute approximate surface area is 103 Å². The molecule has 1 heterocycles. The molecule has 1 aromatic heterocycles. The summed E-state index contributed by atoms with van der Waals surface area (Å²) in [6.45, 7) is 0.414. The largest absolute Gasteiger partial charge is 0.375 e. The Morgan fingerprint density at radius 1 is 1.44 bits per heavy atom. The van der Waals surface area contributed by atoms with E-state index in [1.807, 2.05) is 6.07 Å². The van der Waals surface area contributed by atoms with Crippen LogP contribution in [-0.2, 0) is 11.3 Å². The molecule has 0 aliphatic carbocycles. The fourth-order valence-corrected chi connectivity index (χ4v) is 1.60. The van der Waals surface area contributed by atoms with Gasteiger partial charge in [-0.1, -0.05) is 12.1 Å². The molecule has 1 aromatic carbocycles. The van der Waals surface area contributed by atoms with Gasteiger partial charge in [-0.2, -0.15) is 5.26 Å². The normalized spacial score (nSPS) is 12.1. The van der Waals surface area contributed by atoms with Crippen LogP contribution in [0.1, 0.15) is 17.5 Å². The molecule has 0 spiro atoms. The van der Waals surface area contributed by atoms with Crippen molar-refractivity contribution < 1.29 is 9.13 Å². The van der Waals surface area contributed by atoms with E-state index in [9.17, 15) is 4.39 Å². The van der Waals surface area contributed by atoms with E-state index in [0.29, 0.717) is 6.54 Å². The first kappa shape index (κ1) is 12.2. The van der Waals surface area contributed by atoms with E-state index in [4.69, 9.17) is 10.00 Å². The number of nitrogens with zero attached hydrogens (tertiary/aromatic N) is 4. The lowest BCUT2D eigenvalue weighted by Crippen LogP contribution is -2.11. The van der Waals surface area contributed by atoms with Crippen molar-refractivity contribution in [2.45, 2.75) is 12.6 Å². The number of benzene rings is 1. The van der Waals surface area contributed by atoms with Gasteiger partial charge in [-0.05, 0) is 17.7 Å². The second-order valence-corrected chi connectivity index (χ2v) is 3.68. The molecule has 2 aromatic rings. The van der Waals surface area contributed by atoms with Crippen LogP contribution >= 0.6 is 0 Å². The summed E-state index contributed by atoms with van der Waals surface area (Å²) in [6, 6.07) is 7.93. The maximum Gasteiger partial charge on any atom is 0.252 e. The van der Waals surface area contributed by atoms with Gasteiger partial charge in [-0.3, -0.25) is 0 Å². The van der Waals surface area contributed by atoms with Crippen LogP contribution in [0.15, 0.2) is 30.6 Å². The Morgan fingerprint density at radius 2 is 2.17 bits per heavy atom. The highest BCUT2D eigenvalue weighted by molar-refractivity contribution is 5.18. The number of rotatable bonds is 4. The summed E-state index contributed by atoms with van der Waals surface area (Å²) in [4.78, 5) is 3.81. The average Bonchev–Trinajstić information content (AvgIpc) is 2.85. The van der Waals surface area contributed by atoms with Crippen LogP contribution < -0.4 is 0 Å². The van der Waals surface area contributed by atoms with Gasteiger partial charge in [-0.25, -0.2) is 14.1 Å². The molecule has 0 saturated carbocycles. The predicted octanol–water partition coefficient (Wildman–Crippen LogP) is 1.68. The molecule has 0 saturated heterocycles. The molecule has 2 rings (SSSR count). The number of aromatic nitrogens is 3. The van der Waals surface area contributed by atoms with Crippen molar-refractivity contribution in [3.05, 3.63) is 47.8 Å². The summed E-state index contributed by atoms with van der Waals surface area (Å²) < 4.78 is 19.7. The van der Waals surface area contributed by atoms with Crippen molar-refractivity contribution >= 4 is 0 Å². The Kier molecular flexibility index (Phi) is 3.65. The standard InChI is InChI=1S/C12H11FN4O/c1-18-11(9-2-4-10(13)5-3-9)7-17-8-15-12(6-14)16-17/h2-5,8,11H,7H2,1H3. The predicted molar refractivity (Wildman–Crippen MR) is 60.9 cm³/mol. The van der Waals surface area contributed by atoms with Crippen molar-refractivity contribution in [3.63, 3.8) is 0 Å². The van der Waals surface area contributed by atoms with E-state index in [-0.39, 0.29) is 17.7 Å². The Balaban J connectivity index is 2.14. The lowest BCUT2D eigenvalue weighted by molar-refractivity contribution is 0.0844. The number of nitriles is 1. The number of hydrogen-bond donors (Lipinski definition) is 0. The minimum absolute atomic E-state index is 0.115. The van der Waals surface area contributed by atoms with E-state index in [0.717, 1.165) is 5.56 Å². The topological polar surface area (TPSA) is 63.7 Å². The van der Waals surface area contributed by atoms with Crippen molar-refractivity contribution in [1.29, 1.82) is 5.26 Å². The van der Waals surface area contributed by atoms with Crippen LogP contribution in [0.5, 0.6) is 0 Å². The van der Waals surface area contributed by atoms with Gasteiger partial charge in [0, 0.05) is 7.11 Å². The molecular formula is C12H11FN4O. The minimum atomic E-state index is -0.291.